The van der Waals surface area contributed by atoms with Crippen molar-refractivity contribution in [2.45, 2.75) is 33.3 Å². The summed E-state index contributed by atoms with van der Waals surface area (Å²) in [7, 11) is 0. The summed E-state index contributed by atoms with van der Waals surface area (Å²) in [6.45, 7) is 10.3. The minimum Gasteiger partial charge on any atom is -0.444 e. The maximum Gasteiger partial charge on any atom is 0.410 e. The Balaban J connectivity index is 1.87. The molecule has 0 atom stereocenters. The molecule has 0 radical (unpaired) electrons. The van der Waals surface area contributed by atoms with Gasteiger partial charge in [0.2, 0.25) is 0 Å². The van der Waals surface area contributed by atoms with E-state index in [1.165, 1.54) is 0 Å². The number of piperazine rings is 1. The lowest BCUT2D eigenvalue weighted by atomic mass is 10.2. The molecule has 0 unspecified atom stereocenters. The molecule has 0 aromatic carbocycles. The number of hydrogen-bond acceptors (Lipinski definition) is 5. The number of anilines is 1. The first-order valence-corrected chi connectivity index (χ1v) is 6.51. The van der Waals surface area contributed by atoms with E-state index in [4.69, 9.17) is 9.26 Å². The molecule has 1 amide bonds. The highest BCUT2D eigenvalue weighted by Crippen LogP contribution is 2.17. The van der Waals surface area contributed by atoms with Gasteiger partial charge in [0, 0.05) is 32.2 Å². The fourth-order valence-corrected chi connectivity index (χ4v) is 1.95. The molecule has 1 aliphatic heterocycles. The molecule has 2 heterocycles. The summed E-state index contributed by atoms with van der Waals surface area (Å²) >= 11 is 0. The van der Waals surface area contributed by atoms with Gasteiger partial charge in [0.1, 0.15) is 11.4 Å². The zero-order valence-electron chi connectivity index (χ0n) is 12.0. The Bertz CT molecular complexity index is 442. The second kappa shape index (κ2) is 5.11. The SMILES string of the molecule is Cc1cc(N2CCN(C(=O)OC(C)(C)C)CC2)no1. The molecule has 1 aromatic rings. The molecule has 6 nitrogen and oxygen atoms in total. The lowest BCUT2D eigenvalue weighted by Crippen LogP contribution is -2.50. The molecular formula is C13H21N3O3. The molecule has 19 heavy (non-hydrogen) atoms. The quantitative estimate of drug-likeness (QED) is 0.779. The molecule has 1 aromatic heterocycles. The second-order valence-electron chi connectivity index (χ2n) is 5.75. The van der Waals surface area contributed by atoms with Gasteiger partial charge in [-0.1, -0.05) is 5.16 Å². The summed E-state index contributed by atoms with van der Waals surface area (Å²) in [4.78, 5) is 15.8. The molecule has 0 aliphatic carbocycles. The molecule has 106 valence electrons. The Morgan fingerprint density at radius 1 is 1.32 bits per heavy atom. The number of rotatable bonds is 1. The van der Waals surface area contributed by atoms with Crippen LogP contribution < -0.4 is 4.90 Å². The largest absolute Gasteiger partial charge is 0.444 e. The Morgan fingerprint density at radius 2 is 1.95 bits per heavy atom. The number of aryl methyl sites for hydroxylation is 1. The zero-order chi connectivity index (χ0) is 14.0. The van der Waals surface area contributed by atoms with E-state index in [0.717, 1.165) is 24.7 Å². The molecule has 1 aliphatic rings. The molecule has 0 spiro atoms. The molecule has 1 fully saturated rings. The molecule has 0 N–H and O–H groups in total. The van der Waals surface area contributed by atoms with Gasteiger partial charge < -0.3 is 19.1 Å². The zero-order valence-corrected chi connectivity index (χ0v) is 12.0. The van der Waals surface area contributed by atoms with Crippen LogP contribution in [-0.2, 0) is 4.74 Å². The average molecular weight is 267 g/mol. The van der Waals surface area contributed by atoms with Crippen molar-refractivity contribution >= 4 is 11.9 Å². The van der Waals surface area contributed by atoms with Crippen molar-refractivity contribution < 1.29 is 14.1 Å². The summed E-state index contributed by atoms with van der Waals surface area (Å²) in [5.41, 5.74) is -0.447. The van der Waals surface area contributed by atoms with Crippen LogP contribution in [0.2, 0.25) is 0 Å². The summed E-state index contributed by atoms with van der Waals surface area (Å²) in [6, 6.07) is 1.91. The van der Waals surface area contributed by atoms with Gasteiger partial charge in [-0.15, -0.1) is 0 Å². The normalized spacial score (nSPS) is 16.6. The van der Waals surface area contributed by atoms with Crippen LogP contribution in [0.3, 0.4) is 0 Å². The van der Waals surface area contributed by atoms with Crippen molar-refractivity contribution in [3.05, 3.63) is 11.8 Å². The summed E-state index contributed by atoms with van der Waals surface area (Å²) in [5, 5.41) is 3.98. The monoisotopic (exact) mass is 267 g/mol. The van der Waals surface area contributed by atoms with E-state index in [0.29, 0.717) is 13.1 Å². The van der Waals surface area contributed by atoms with E-state index < -0.39 is 5.60 Å². The number of nitrogens with zero attached hydrogens (tertiary/aromatic N) is 3. The van der Waals surface area contributed by atoms with Crippen LogP contribution in [-0.4, -0.2) is 47.9 Å². The number of carbonyl (C=O) groups is 1. The van der Waals surface area contributed by atoms with Crippen LogP contribution in [0.1, 0.15) is 26.5 Å². The fourth-order valence-electron chi connectivity index (χ4n) is 1.95. The van der Waals surface area contributed by atoms with E-state index in [2.05, 4.69) is 10.1 Å². The van der Waals surface area contributed by atoms with Crippen LogP contribution in [0.4, 0.5) is 10.6 Å². The van der Waals surface area contributed by atoms with Crippen LogP contribution in [0.25, 0.3) is 0 Å². The van der Waals surface area contributed by atoms with Gasteiger partial charge in [-0.25, -0.2) is 4.79 Å². The first kappa shape index (κ1) is 13.7. The predicted molar refractivity (Wildman–Crippen MR) is 71.3 cm³/mol. The lowest BCUT2D eigenvalue weighted by Gasteiger charge is -2.35. The predicted octanol–water partition coefficient (Wildman–Crippen LogP) is 2.04. The number of carbonyl (C=O) groups excluding carboxylic acids is 1. The Hall–Kier alpha value is -1.72. The number of aromatic nitrogens is 1. The second-order valence-corrected chi connectivity index (χ2v) is 5.75. The van der Waals surface area contributed by atoms with E-state index in [1.54, 1.807) is 4.90 Å². The van der Waals surface area contributed by atoms with E-state index in [-0.39, 0.29) is 6.09 Å². The van der Waals surface area contributed by atoms with Crippen molar-refractivity contribution in [3.8, 4) is 0 Å². The highest BCUT2D eigenvalue weighted by atomic mass is 16.6. The highest BCUT2D eigenvalue weighted by Gasteiger charge is 2.26. The third-order valence-corrected chi connectivity index (χ3v) is 2.87. The standard InChI is InChI=1S/C13H21N3O3/c1-10-9-11(14-19-10)15-5-7-16(8-6-15)12(17)18-13(2,3)4/h9H,5-8H2,1-4H3. The van der Waals surface area contributed by atoms with Crippen LogP contribution in [0.15, 0.2) is 10.6 Å². The van der Waals surface area contributed by atoms with Crippen LogP contribution >= 0.6 is 0 Å². The summed E-state index contributed by atoms with van der Waals surface area (Å²) in [6.07, 6.45) is -0.247. The van der Waals surface area contributed by atoms with Crippen molar-refractivity contribution in [2.24, 2.45) is 0 Å². The summed E-state index contributed by atoms with van der Waals surface area (Å²) < 4.78 is 10.4. The first-order valence-electron chi connectivity index (χ1n) is 6.51. The molecule has 6 heteroatoms. The van der Waals surface area contributed by atoms with Crippen molar-refractivity contribution in [1.82, 2.24) is 10.1 Å². The maximum atomic E-state index is 11.9. The third kappa shape index (κ3) is 3.62. The lowest BCUT2D eigenvalue weighted by molar-refractivity contribution is 0.0240. The highest BCUT2D eigenvalue weighted by molar-refractivity contribution is 5.68. The average Bonchev–Trinajstić information content (AvgIpc) is 2.74. The van der Waals surface area contributed by atoms with Crippen LogP contribution in [0.5, 0.6) is 0 Å². The Morgan fingerprint density at radius 3 is 2.42 bits per heavy atom. The van der Waals surface area contributed by atoms with Gasteiger partial charge in [-0.3, -0.25) is 0 Å². The van der Waals surface area contributed by atoms with Gasteiger partial charge in [0.25, 0.3) is 0 Å². The van der Waals surface area contributed by atoms with E-state index in [1.807, 2.05) is 33.8 Å². The first-order chi connectivity index (χ1) is 8.85. The minimum atomic E-state index is -0.447. The molecule has 1 saturated heterocycles. The Kier molecular flexibility index (Phi) is 3.68. The fraction of sp³-hybridized carbons (Fsp3) is 0.692. The number of ether oxygens (including phenoxy) is 1. The smallest absolute Gasteiger partial charge is 0.410 e. The van der Waals surface area contributed by atoms with Crippen LogP contribution in [0, 0.1) is 6.92 Å². The maximum absolute atomic E-state index is 11.9. The molecule has 0 bridgehead atoms. The molecule has 0 saturated carbocycles. The minimum absolute atomic E-state index is 0.247. The van der Waals surface area contributed by atoms with Crippen molar-refractivity contribution in [1.29, 1.82) is 0 Å². The van der Waals surface area contributed by atoms with Gasteiger partial charge in [0.15, 0.2) is 5.82 Å². The van der Waals surface area contributed by atoms with Crippen molar-refractivity contribution in [2.75, 3.05) is 31.1 Å². The topological polar surface area (TPSA) is 58.8 Å². The van der Waals surface area contributed by atoms with E-state index >= 15 is 0 Å². The van der Waals surface area contributed by atoms with Gasteiger partial charge in [-0.05, 0) is 27.7 Å². The molecular weight excluding hydrogens is 246 g/mol. The van der Waals surface area contributed by atoms with Crippen molar-refractivity contribution in [3.63, 3.8) is 0 Å². The Labute approximate surface area is 113 Å². The number of amides is 1. The summed E-state index contributed by atoms with van der Waals surface area (Å²) in [5.74, 6) is 1.63. The van der Waals surface area contributed by atoms with Gasteiger partial charge >= 0.3 is 6.09 Å². The molecule has 2 rings (SSSR count). The third-order valence-electron chi connectivity index (χ3n) is 2.87. The van der Waals surface area contributed by atoms with Gasteiger partial charge in [0.05, 0.1) is 0 Å². The van der Waals surface area contributed by atoms with Gasteiger partial charge in [-0.2, -0.15) is 0 Å². The van der Waals surface area contributed by atoms with E-state index in [9.17, 15) is 4.79 Å². The number of hydrogen-bond donors (Lipinski definition) is 0.